The monoisotopic (exact) mass is 460 g/mol. The molecule has 0 bridgehead atoms. The molecule has 2 aromatic carbocycles. The van der Waals surface area contributed by atoms with Crippen molar-refractivity contribution in [3.63, 3.8) is 0 Å². The maximum Gasteiger partial charge on any atom is 0.330 e. The molecule has 170 valence electrons. The van der Waals surface area contributed by atoms with Crippen LogP contribution in [0.3, 0.4) is 0 Å². The minimum atomic E-state index is -4.07. The van der Waals surface area contributed by atoms with Gasteiger partial charge in [-0.15, -0.1) is 0 Å². The van der Waals surface area contributed by atoms with Gasteiger partial charge in [-0.3, -0.25) is 14.9 Å². The first-order valence-electron chi connectivity index (χ1n) is 10.0. The summed E-state index contributed by atoms with van der Waals surface area (Å²) in [6, 6.07) is 9.14. The van der Waals surface area contributed by atoms with E-state index in [-0.39, 0.29) is 23.1 Å². The molecule has 1 heterocycles. The number of carbonyl (C=O) groups excluding carboxylic acids is 2. The average molecular weight is 461 g/mol. The summed E-state index contributed by atoms with van der Waals surface area (Å²) < 4.78 is 30.9. The maximum absolute atomic E-state index is 12.8. The number of rotatable bonds is 8. The van der Waals surface area contributed by atoms with Crippen molar-refractivity contribution < 1.29 is 27.7 Å². The summed E-state index contributed by atoms with van der Waals surface area (Å²) in [5, 5.41) is 12.0. The number of nitro benzene ring substituents is 1. The smallest absolute Gasteiger partial charge is 0.330 e. The van der Waals surface area contributed by atoms with Gasteiger partial charge >= 0.3 is 5.97 Å². The van der Waals surface area contributed by atoms with Crippen molar-refractivity contribution in [1.29, 1.82) is 0 Å². The van der Waals surface area contributed by atoms with Crippen LogP contribution in [0, 0.1) is 23.0 Å². The SMILES string of the molecule is Cc1ccc(S(=O)(=O)[C@H]2C(=O)N[C@H]2C(=O)OCc2ccc([N+](=O)[O-])c(CC(C)C)c2)cc1. The van der Waals surface area contributed by atoms with Gasteiger partial charge in [-0.2, -0.15) is 0 Å². The van der Waals surface area contributed by atoms with E-state index in [9.17, 15) is 28.1 Å². The number of nitro groups is 1. The van der Waals surface area contributed by atoms with Crippen molar-refractivity contribution in [1.82, 2.24) is 5.32 Å². The lowest BCUT2D eigenvalue weighted by molar-refractivity contribution is -0.385. The van der Waals surface area contributed by atoms with Crippen LogP contribution in [0.2, 0.25) is 0 Å². The van der Waals surface area contributed by atoms with Gasteiger partial charge in [0.2, 0.25) is 5.91 Å². The Bertz CT molecular complexity index is 1160. The van der Waals surface area contributed by atoms with Crippen LogP contribution < -0.4 is 5.32 Å². The van der Waals surface area contributed by atoms with Crippen molar-refractivity contribution in [3.8, 4) is 0 Å². The molecule has 0 saturated carbocycles. The number of nitrogens with zero attached hydrogens (tertiary/aromatic N) is 1. The fraction of sp³-hybridized carbons (Fsp3) is 0.364. The first-order valence-corrected chi connectivity index (χ1v) is 11.6. The third kappa shape index (κ3) is 4.80. The third-order valence-corrected chi connectivity index (χ3v) is 7.23. The quantitative estimate of drug-likeness (QED) is 0.277. The van der Waals surface area contributed by atoms with Gasteiger partial charge in [0.25, 0.3) is 5.69 Å². The zero-order chi connectivity index (χ0) is 23.6. The molecule has 32 heavy (non-hydrogen) atoms. The van der Waals surface area contributed by atoms with Gasteiger partial charge in [0.1, 0.15) is 6.61 Å². The third-order valence-electron chi connectivity index (χ3n) is 5.15. The predicted molar refractivity (Wildman–Crippen MR) is 116 cm³/mol. The molecule has 2 aromatic rings. The van der Waals surface area contributed by atoms with Crippen LogP contribution in [0.1, 0.15) is 30.5 Å². The first kappa shape index (κ1) is 23.4. The van der Waals surface area contributed by atoms with E-state index in [0.29, 0.717) is 17.5 Å². The van der Waals surface area contributed by atoms with E-state index < -0.39 is 37.9 Å². The number of nitrogens with one attached hydrogen (secondary N) is 1. The second-order valence-electron chi connectivity index (χ2n) is 8.19. The Hall–Kier alpha value is -3.27. The van der Waals surface area contributed by atoms with Crippen LogP contribution in [0.5, 0.6) is 0 Å². The molecule has 1 aliphatic heterocycles. The van der Waals surface area contributed by atoms with E-state index >= 15 is 0 Å². The first-order chi connectivity index (χ1) is 15.0. The molecule has 0 unspecified atom stereocenters. The van der Waals surface area contributed by atoms with E-state index in [4.69, 9.17) is 4.74 Å². The number of aryl methyl sites for hydroxylation is 1. The molecule has 1 saturated heterocycles. The minimum Gasteiger partial charge on any atom is -0.459 e. The number of amides is 1. The fourth-order valence-electron chi connectivity index (χ4n) is 3.50. The van der Waals surface area contributed by atoms with Gasteiger partial charge in [0, 0.05) is 11.6 Å². The van der Waals surface area contributed by atoms with Crippen molar-refractivity contribution >= 4 is 27.4 Å². The molecule has 1 amide bonds. The molecule has 10 heteroatoms. The molecule has 0 radical (unpaired) electrons. The summed E-state index contributed by atoms with van der Waals surface area (Å²) in [6.07, 6.45) is 0.480. The summed E-state index contributed by atoms with van der Waals surface area (Å²) in [5.41, 5.74) is 1.90. The Morgan fingerprint density at radius 1 is 1.19 bits per heavy atom. The number of esters is 1. The van der Waals surface area contributed by atoms with E-state index in [1.165, 1.54) is 24.3 Å². The highest BCUT2D eigenvalue weighted by molar-refractivity contribution is 7.93. The normalized spacial score (nSPS) is 18.1. The zero-order valence-electron chi connectivity index (χ0n) is 17.9. The molecular weight excluding hydrogens is 436 g/mol. The lowest BCUT2D eigenvalue weighted by atomic mass is 9.99. The van der Waals surface area contributed by atoms with E-state index in [2.05, 4.69) is 5.32 Å². The lowest BCUT2D eigenvalue weighted by Gasteiger charge is -2.34. The average Bonchev–Trinajstić information content (AvgIpc) is 2.69. The Labute approximate surface area is 185 Å². The minimum absolute atomic E-state index is 0.00992. The molecule has 9 nitrogen and oxygen atoms in total. The van der Waals surface area contributed by atoms with Gasteiger partial charge in [-0.25, -0.2) is 13.2 Å². The van der Waals surface area contributed by atoms with Crippen LogP contribution in [0.15, 0.2) is 47.4 Å². The molecule has 1 fully saturated rings. The molecule has 0 aromatic heterocycles. The second kappa shape index (κ2) is 9.07. The molecule has 3 rings (SSSR count). The predicted octanol–water partition coefficient (Wildman–Crippen LogP) is 2.49. The highest BCUT2D eigenvalue weighted by atomic mass is 32.2. The number of hydrogen-bond donors (Lipinski definition) is 1. The summed E-state index contributed by atoms with van der Waals surface area (Å²) >= 11 is 0. The van der Waals surface area contributed by atoms with Crippen molar-refractivity contribution in [3.05, 3.63) is 69.3 Å². The molecule has 2 atom stereocenters. The van der Waals surface area contributed by atoms with Crippen molar-refractivity contribution in [2.45, 2.75) is 50.0 Å². The van der Waals surface area contributed by atoms with Crippen LogP contribution in [0.4, 0.5) is 5.69 Å². The number of β-lactam (4-membered cyclic amide) rings is 1. The van der Waals surface area contributed by atoms with Crippen molar-refractivity contribution in [2.75, 3.05) is 0 Å². The Morgan fingerprint density at radius 3 is 2.41 bits per heavy atom. The molecule has 0 aliphatic carbocycles. The highest BCUT2D eigenvalue weighted by Crippen LogP contribution is 2.26. The summed E-state index contributed by atoms with van der Waals surface area (Å²) in [6.45, 7) is 5.47. The molecule has 1 N–H and O–H groups in total. The number of benzene rings is 2. The Kier molecular flexibility index (Phi) is 6.63. The maximum atomic E-state index is 12.8. The standard InChI is InChI=1S/C22H24N2O7S/c1-13(2)10-16-11-15(6-9-18(16)24(27)28)12-31-22(26)19-20(21(25)23-19)32(29,30)17-7-4-14(3)5-8-17/h4-9,11,13,19-20H,10,12H2,1-3H3,(H,23,25)/t19-,20-/m1/s1. The van der Waals surface area contributed by atoms with Crippen LogP contribution in [0.25, 0.3) is 0 Å². The Balaban J connectivity index is 1.73. The zero-order valence-corrected chi connectivity index (χ0v) is 18.7. The van der Waals surface area contributed by atoms with E-state index in [1.54, 1.807) is 25.1 Å². The van der Waals surface area contributed by atoms with E-state index in [0.717, 1.165) is 5.56 Å². The van der Waals surface area contributed by atoms with Crippen LogP contribution >= 0.6 is 0 Å². The van der Waals surface area contributed by atoms with E-state index in [1.807, 2.05) is 13.8 Å². The van der Waals surface area contributed by atoms with Gasteiger partial charge in [-0.05, 0) is 49.1 Å². The van der Waals surface area contributed by atoms with Gasteiger partial charge in [0.15, 0.2) is 21.1 Å². The number of sulfone groups is 1. The molecule has 1 aliphatic rings. The number of hydrogen-bond acceptors (Lipinski definition) is 7. The summed E-state index contributed by atoms with van der Waals surface area (Å²) in [4.78, 5) is 35.2. The van der Waals surface area contributed by atoms with Crippen LogP contribution in [-0.2, 0) is 37.2 Å². The summed E-state index contributed by atoms with van der Waals surface area (Å²) in [5.74, 6) is -1.46. The Morgan fingerprint density at radius 2 is 1.84 bits per heavy atom. The van der Waals surface area contributed by atoms with Crippen molar-refractivity contribution in [2.24, 2.45) is 5.92 Å². The molecule has 0 spiro atoms. The van der Waals surface area contributed by atoms with Gasteiger partial charge in [-0.1, -0.05) is 31.5 Å². The number of ether oxygens (including phenoxy) is 1. The topological polar surface area (TPSA) is 133 Å². The fourth-order valence-corrected chi connectivity index (χ4v) is 5.19. The lowest BCUT2D eigenvalue weighted by Crippen LogP contribution is -2.68. The van der Waals surface area contributed by atoms with Gasteiger partial charge < -0.3 is 10.1 Å². The highest BCUT2D eigenvalue weighted by Gasteiger charge is 2.53. The van der Waals surface area contributed by atoms with Crippen LogP contribution in [-0.4, -0.2) is 36.5 Å². The molecular formula is C22H24N2O7S. The summed E-state index contributed by atoms with van der Waals surface area (Å²) in [7, 11) is -4.07. The largest absolute Gasteiger partial charge is 0.459 e. The van der Waals surface area contributed by atoms with Gasteiger partial charge in [0.05, 0.1) is 9.82 Å². The number of carbonyl (C=O) groups is 2. The second-order valence-corrected chi connectivity index (χ2v) is 10.3.